The number of aromatic nitrogens is 2. The quantitative estimate of drug-likeness (QED) is 0.235. The van der Waals surface area contributed by atoms with E-state index < -0.39 is 29.2 Å². The third-order valence-electron chi connectivity index (χ3n) is 4.99. The van der Waals surface area contributed by atoms with Gasteiger partial charge in [-0.2, -0.15) is 0 Å². The molecule has 0 radical (unpaired) electrons. The van der Waals surface area contributed by atoms with Gasteiger partial charge in [-0.1, -0.05) is 5.16 Å². The molecule has 0 saturated carbocycles. The Kier molecular flexibility index (Phi) is 6.36. The number of rotatable bonds is 7. The molecule has 0 bridgehead atoms. The molecule has 2 heterocycles. The van der Waals surface area contributed by atoms with Crippen LogP contribution < -0.4 is 10.1 Å². The molecule has 0 fully saturated rings. The summed E-state index contributed by atoms with van der Waals surface area (Å²) in [6.45, 7) is 0.888. The maximum Gasteiger partial charge on any atom is 0.339 e. The van der Waals surface area contributed by atoms with Crippen molar-refractivity contribution in [2.45, 2.75) is 6.92 Å². The maximum atomic E-state index is 13.3. The number of benzene rings is 2. The molecule has 0 unspecified atom stereocenters. The normalized spacial score (nSPS) is 10.7. The van der Waals surface area contributed by atoms with E-state index in [1.165, 1.54) is 49.6 Å². The number of hydrogen-bond donors (Lipinski definition) is 1. The Morgan fingerprint density at radius 2 is 1.91 bits per heavy atom. The van der Waals surface area contributed by atoms with Crippen LogP contribution in [0, 0.1) is 22.9 Å². The van der Waals surface area contributed by atoms with Gasteiger partial charge in [0.05, 0.1) is 40.4 Å². The zero-order valence-electron chi connectivity index (χ0n) is 18.4. The molecule has 2 aromatic heterocycles. The number of amides is 1. The van der Waals surface area contributed by atoms with Crippen LogP contribution in [0.5, 0.6) is 5.75 Å². The van der Waals surface area contributed by atoms with Crippen LogP contribution in [0.3, 0.4) is 0 Å². The maximum absolute atomic E-state index is 13.3. The number of esters is 1. The summed E-state index contributed by atoms with van der Waals surface area (Å²) >= 11 is 0. The molecule has 4 rings (SSSR count). The van der Waals surface area contributed by atoms with Crippen molar-refractivity contribution in [3.63, 3.8) is 0 Å². The molecule has 2 aromatic carbocycles. The number of nitrogens with zero attached hydrogens (tertiary/aromatic N) is 3. The average Bonchev–Trinajstić information content (AvgIpc) is 3.23. The number of nitrogens with one attached hydrogen (secondary N) is 1. The first kappa shape index (κ1) is 23.3. The number of fused-ring (bicyclic) bond motifs is 1. The molecule has 11 nitrogen and oxygen atoms in total. The van der Waals surface area contributed by atoms with Crippen molar-refractivity contribution in [2.24, 2.45) is 0 Å². The third kappa shape index (κ3) is 4.90. The molecule has 1 N–H and O–H groups in total. The van der Waals surface area contributed by atoms with Crippen molar-refractivity contribution in [3.8, 4) is 17.0 Å². The van der Waals surface area contributed by atoms with Gasteiger partial charge in [0, 0.05) is 5.56 Å². The molecular weight excluding hydrogens is 463 g/mol. The van der Waals surface area contributed by atoms with E-state index in [9.17, 15) is 24.1 Å². The van der Waals surface area contributed by atoms with Gasteiger partial charge < -0.3 is 19.3 Å². The third-order valence-corrected chi connectivity index (χ3v) is 4.99. The first-order chi connectivity index (χ1) is 16.8. The number of methoxy groups -OCH3 is 1. The molecule has 4 aromatic rings. The molecule has 0 atom stereocenters. The standard InChI is InChI=1S/C23H17FN4O7/c1-12-21-16(10-18(26-22(21)35-27-12)13-3-5-14(24)6-4-13)23(30)34-11-20(29)25-17-8-7-15(33-2)9-19(17)28(31)32/h3-10H,11H2,1-2H3,(H,25,29). The number of aryl methyl sites for hydroxylation is 1. The molecule has 0 aliphatic rings. The Balaban J connectivity index is 1.55. The summed E-state index contributed by atoms with van der Waals surface area (Å²) in [6.07, 6.45) is 0. The smallest absolute Gasteiger partial charge is 0.339 e. The van der Waals surface area contributed by atoms with E-state index in [2.05, 4.69) is 15.5 Å². The second kappa shape index (κ2) is 9.55. The summed E-state index contributed by atoms with van der Waals surface area (Å²) < 4.78 is 28.6. The minimum Gasteiger partial charge on any atom is -0.496 e. The number of pyridine rings is 1. The number of anilines is 1. The van der Waals surface area contributed by atoms with Gasteiger partial charge in [0.1, 0.15) is 17.3 Å². The SMILES string of the molecule is COc1ccc(NC(=O)COC(=O)c2cc(-c3ccc(F)cc3)nc3onc(C)c23)c([N+](=O)[O-])c1. The van der Waals surface area contributed by atoms with E-state index in [1.807, 2.05) is 0 Å². The minimum atomic E-state index is -0.869. The van der Waals surface area contributed by atoms with Gasteiger partial charge in [0.15, 0.2) is 6.61 Å². The zero-order chi connectivity index (χ0) is 25.1. The summed E-state index contributed by atoms with van der Waals surface area (Å²) in [5.74, 6) is -1.86. The second-order valence-electron chi connectivity index (χ2n) is 7.27. The van der Waals surface area contributed by atoms with E-state index in [-0.39, 0.29) is 28.4 Å². The van der Waals surface area contributed by atoms with Crippen molar-refractivity contribution >= 4 is 34.4 Å². The van der Waals surface area contributed by atoms with Gasteiger partial charge in [-0.3, -0.25) is 14.9 Å². The van der Waals surface area contributed by atoms with Crippen LogP contribution in [-0.4, -0.2) is 40.7 Å². The molecule has 1 amide bonds. The minimum absolute atomic E-state index is 0.0382. The molecule has 0 spiro atoms. The fraction of sp³-hybridized carbons (Fsp3) is 0.130. The topological polar surface area (TPSA) is 147 Å². The number of carbonyl (C=O) groups is 2. The first-order valence-corrected chi connectivity index (χ1v) is 10.1. The molecule has 0 saturated heterocycles. The van der Waals surface area contributed by atoms with Gasteiger partial charge in [-0.25, -0.2) is 14.2 Å². The highest BCUT2D eigenvalue weighted by Crippen LogP contribution is 2.30. The van der Waals surface area contributed by atoms with E-state index in [1.54, 1.807) is 6.92 Å². The Labute approximate surface area is 196 Å². The lowest BCUT2D eigenvalue weighted by Gasteiger charge is -2.09. The Morgan fingerprint density at radius 1 is 1.17 bits per heavy atom. The van der Waals surface area contributed by atoms with Gasteiger partial charge in [0.2, 0.25) is 0 Å². The molecule has 12 heteroatoms. The Hall–Kier alpha value is -4.87. The average molecular weight is 480 g/mol. The van der Waals surface area contributed by atoms with Crippen molar-refractivity contribution in [2.75, 3.05) is 19.0 Å². The highest BCUT2D eigenvalue weighted by molar-refractivity contribution is 6.05. The van der Waals surface area contributed by atoms with E-state index in [0.29, 0.717) is 22.3 Å². The van der Waals surface area contributed by atoms with Crippen molar-refractivity contribution in [1.29, 1.82) is 0 Å². The van der Waals surface area contributed by atoms with Crippen LogP contribution in [0.4, 0.5) is 15.8 Å². The summed E-state index contributed by atoms with van der Waals surface area (Å²) in [4.78, 5) is 40.2. The Morgan fingerprint density at radius 3 is 2.60 bits per heavy atom. The number of carbonyl (C=O) groups excluding carboxylic acids is 2. The largest absolute Gasteiger partial charge is 0.496 e. The molecule has 35 heavy (non-hydrogen) atoms. The predicted octanol–water partition coefficient (Wildman–Crippen LogP) is 4.05. The second-order valence-corrected chi connectivity index (χ2v) is 7.27. The van der Waals surface area contributed by atoms with Crippen LogP contribution >= 0.6 is 0 Å². The summed E-state index contributed by atoms with van der Waals surface area (Å²) in [5, 5.41) is 17.8. The predicted molar refractivity (Wildman–Crippen MR) is 120 cm³/mol. The number of nitro groups is 1. The monoisotopic (exact) mass is 480 g/mol. The van der Waals surface area contributed by atoms with E-state index in [0.717, 1.165) is 6.07 Å². The fourth-order valence-electron chi connectivity index (χ4n) is 3.31. The highest BCUT2D eigenvalue weighted by atomic mass is 19.1. The fourth-order valence-corrected chi connectivity index (χ4v) is 3.31. The lowest BCUT2D eigenvalue weighted by molar-refractivity contribution is -0.384. The van der Waals surface area contributed by atoms with Crippen molar-refractivity contribution in [1.82, 2.24) is 10.1 Å². The van der Waals surface area contributed by atoms with Crippen molar-refractivity contribution in [3.05, 3.63) is 75.7 Å². The van der Waals surface area contributed by atoms with Crippen LogP contribution in [0.15, 0.2) is 53.1 Å². The van der Waals surface area contributed by atoms with Crippen LogP contribution in [0.1, 0.15) is 16.1 Å². The zero-order valence-corrected chi connectivity index (χ0v) is 18.4. The number of nitro benzene ring substituents is 1. The summed E-state index contributed by atoms with van der Waals surface area (Å²) in [7, 11) is 1.35. The number of halogens is 1. The molecule has 0 aliphatic heterocycles. The van der Waals surface area contributed by atoms with E-state index in [4.69, 9.17) is 14.0 Å². The molecule has 178 valence electrons. The van der Waals surface area contributed by atoms with Crippen LogP contribution in [-0.2, 0) is 9.53 Å². The van der Waals surface area contributed by atoms with Gasteiger partial charge in [-0.05, 0) is 49.4 Å². The van der Waals surface area contributed by atoms with E-state index >= 15 is 0 Å². The highest BCUT2D eigenvalue weighted by Gasteiger charge is 2.22. The number of ether oxygens (including phenoxy) is 2. The Bertz CT molecular complexity index is 1450. The first-order valence-electron chi connectivity index (χ1n) is 10.1. The summed E-state index contributed by atoms with van der Waals surface area (Å²) in [6, 6.07) is 10.8. The molecule has 0 aliphatic carbocycles. The van der Waals surface area contributed by atoms with Crippen LogP contribution in [0.2, 0.25) is 0 Å². The van der Waals surface area contributed by atoms with Gasteiger partial charge in [0.25, 0.3) is 17.3 Å². The van der Waals surface area contributed by atoms with Gasteiger partial charge in [-0.15, -0.1) is 0 Å². The van der Waals surface area contributed by atoms with Crippen LogP contribution in [0.25, 0.3) is 22.4 Å². The lowest BCUT2D eigenvalue weighted by Crippen LogP contribution is -2.21. The van der Waals surface area contributed by atoms with Crippen molar-refractivity contribution < 1.29 is 32.9 Å². The number of hydrogen-bond acceptors (Lipinski definition) is 9. The van der Waals surface area contributed by atoms with Gasteiger partial charge >= 0.3 is 5.97 Å². The summed E-state index contributed by atoms with van der Waals surface area (Å²) in [5.41, 5.74) is 0.828. The molecular formula is C23H17FN4O7. The lowest BCUT2D eigenvalue weighted by atomic mass is 10.1.